The lowest BCUT2D eigenvalue weighted by atomic mass is 9.99. The van der Waals surface area contributed by atoms with E-state index in [1.807, 2.05) is 19.1 Å². The molecule has 1 N–H and O–H groups in total. The van der Waals surface area contributed by atoms with Gasteiger partial charge in [0.05, 0.1) is 0 Å². The second-order valence-corrected chi connectivity index (χ2v) is 4.85. The van der Waals surface area contributed by atoms with Crippen molar-refractivity contribution in [2.24, 2.45) is 0 Å². The highest BCUT2D eigenvalue weighted by Crippen LogP contribution is 2.28. The molecule has 2 nitrogen and oxygen atoms in total. The highest BCUT2D eigenvalue weighted by molar-refractivity contribution is 6.31. The molecule has 0 aliphatic heterocycles. The highest BCUT2D eigenvalue weighted by Gasteiger charge is 2.19. The van der Waals surface area contributed by atoms with Gasteiger partial charge in [0.25, 0.3) is 0 Å². The Labute approximate surface area is 117 Å². The number of rotatable bonds is 4. The van der Waals surface area contributed by atoms with Crippen molar-refractivity contribution in [1.29, 1.82) is 0 Å². The van der Waals surface area contributed by atoms with Crippen LogP contribution in [0, 0.1) is 12.7 Å². The summed E-state index contributed by atoms with van der Waals surface area (Å²) in [6.07, 6.45) is 2.35. The van der Waals surface area contributed by atoms with E-state index < -0.39 is 0 Å². The average molecular weight is 279 g/mol. The number of hydrogen-bond acceptors (Lipinski definition) is 2. The van der Waals surface area contributed by atoms with Crippen molar-refractivity contribution in [3.05, 3.63) is 64.2 Å². The van der Waals surface area contributed by atoms with Gasteiger partial charge in [-0.1, -0.05) is 23.7 Å². The fourth-order valence-corrected chi connectivity index (χ4v) is 2.41. The Balaban J connectivity index is 2.34. The number of nitrogens with one attached hydrogen (secondary N) is 1. The molecule has 1 aromatic heterocycles. The summed E-state index contributed by atoms with van der Waals surface area (Å²) in [4.78, 5) is 4.35. The summed E-state index contributed by atoms with van der Waals surface area (Å²) in [5.74, 6) is -0.291. The molecule has 1 aromatic carbocycles. The number of benzene rings is 1. The molecule has 0 aliphatic rings. The number of pyridine rings is 1. The molecule has 100 valence electrons. The first kappa shape index (κ1) is 14.0. The van der Waals surface area contributed by atoms with E-state index in [9.17, 15) is 4.39 Å². The van der Waals surface area contributed by atoms with E-state index in [1.165, 1.54) is 6.07 Å². The highest BCUT2D eigenvalue weighted by atomic mass is 35.5. The molecule has 0 saturated carbocycles. The molecule has 1 atom stereocenters. The summed E-state index contributed by atoms with van der Waals surface area (Å²) in [6.45, 7) is 2.00. The van der Waals surface area contributed by atoms with Gasteiger partial charge in [-0.2, -0.15) is 0 Å². The molecule has 0 aliphatic carbocycles. The van der Waals surface area contributed by atoms with Crippen molar-refractivity contribution >= 4 is 11.6 Å². The topological polar surface area (TPSA) is 24.9 Å². The molecule has 0 saturated heterocycles. The molecule has 0 fully saturated rings. The Morgan fingerprint density at radius 2 is 2.11 bits per heavy atom. The summed E-state index contributed by atoms with van der Waals surface area (Å²) in [5.41, 5.74) is 2.54. The number of likely N-dealkylation sites (N-methyl/N-ethyl adjacent to an activating group) is 1. The lowest BCUT2D eigenvalue weighted by Gasteiger charge is -2.19. The Kier molecular flexibility index (Phi) is 4.51. The summed E-state index contributed by atoms with van der Waals surface area (Å²) < 4.78 is 13.9. The molecule has 0 amide bonds. The molecule has 2 rings (SSSR count). The second-order valence-electron chi connectivity index (χ2n) is 4.45. The van der Waals surface area contributed by atoms with Crippen molar-refractivity contribution in [2.45, 2.75) is 19.4 Å². The van der Waals surface area contributed by atoms with Gasteiger partial charge in [0, 0.05) is 34.9 Å². The summed E-state index contributed by atoms with van der Waals surface area (Å²) in [5, 5.41) is 3.55. The number of halogens is 2. The molecule has 0 radical (unpaired) electrons. The lowest BCUT2D eigenvalue weighted by molar-refractivity contribution is 0.529. The summed E-state index contributed by atoms with van der Waals surface area (Å²) in [7, 11) is 1.80. The Hall–Kier alpha value is -1.45. The minimum Gasteiger partial charge on any atom is -0.313 e. The van der Waals surface area contributed by atoms with Crippen molar-refractivity contribution in [3.8, 4) is 0 Å². The fourth-order valence-electron chi connectivity index (χ4n) is 2.12. The van der Waals surface area contributed by atoms with Gasteiger partial charge in [0.15, 0.2) is 0 Å². The van der Waals surface area contributed by atoms with Gasteiger partial charge in [-0.05, 0) is 37.7 Å². The molecular formula is C15H16ClFN2. The minimum atomic E-state index is -0.291. The first-order valence-corrected chi connectivity index (χ1v) is 6.53. The predicted molar refractivity (Wildman–Crippen MR) is 75.9 cm³/mol. The maximum Gasteiger partial charge on any atom is 0.129 e. The van der Waals surface area contributed by atoms with Gasteiger partial charge in [0.1, 0.15) is 5.82 Å². The normalized spacial score (nSPS) is 12.4. The van der Waals surface area contributed by atoms with Crippen LogP contribution >= 0.6 is 11.6 Å². The average Bonchev–Trinajstić information content (AvgIpc) is 2.39. The fraction of sp³-hybridized carbons (Fsp3) is 0.267. The molecule has 0 spiro atoms. The van der Waals surface area contributed by atoms with Crippen LogP contribution in [0.1, 0.15) is 22.9 Å². The van der Waals surface area contributed by atoms with E-state index in [0.717, 1.165) is 11.3 Å². The molecule has 0 bridgehead atoms. The first-order valence-electron chi connectivity index (χ1n) is 6.15. The summed E-state index contributed by atoms with van der Waals surface area (Å²) in [6, 6.07) is 8.44. The van der Waals surface area contributed by atoms with Crippen LogP contribution in [0.25, 0.3) is 0 Å². The number of aromatic nitrogens is 1. The maximum atomic E-state index is 13.9. The monoisotopic (exact) mass is 278 g/mol. The van der Waals surface area contributed by atoms with Crippen molar-refractivity contribution in [3.63, 3.8) is 0 Å². The quantitative estimate of drug-likeness (QED) is 0.923. The van der Waals surface area contributed by atoms with Gasteiger partial charge in [0.2, 0.25) is 0 Å². The van der Waals surface area contributed by atoms with Crippen LogP contribution in [-0.4, -0.2) is 12.0 Å². The van der Waals surface area contributed by atoms with Gasteiger partial charge in [-0.15, -0.1) is 0 Å². The van der Waals surface area contributed by atoms with Crippen LogP contribution in [0.3, 0.4) is 0 Å². The van der Waals surface area contributed by atoms with Crippen LogP contribution in [-0.2, 0) is 6.42 Å². The number of aryl methyl sites for hydroxylation is 1. The zero-order valence-corrected chi connectivity index (χ0v) is 11.7. The second kappa shape index (κ2) is 6.13. The van der Waals surface area contributed by atoms with E-state index in [4.69, 9.17) is 11.6 Å². The molecular weight excluding hydrogens is 263 g/mol. The number of hydrogen-bond donors (Lipinski definition) is 1. The largest absolute Gasteiger partial charge is 0.313 e. The zero-order chi connectivity index (χ0) is 13.8. The maximum absolute atomic E-state index is 13.9. The zero-order valence-electron chi connectivity index (χ0n) is 11.0. The standard InChI is InChI=1S/C15H16ClFN2/c1-10-5-4-8-19-13(10)9-14(18-2)15-11(16)6-3-7-12(15)17/h3-8,14,18H,9H2,1-2H3. The van der Waals surface area contributed by atoms with Crippen molar-refractivity contribution < 1.29 is 4.39 Å². The Morgan fingerprint density at radius 1 is 1.32 bits per heavy atom. The van der Waals surface area contributed by atoms with Crippen molar-refractivity contribution in [2.75, 3.05) is 7.05 Å². The van der Waals surface area contributed by atoms with Gasteiger partial charge in [-0.25, -0.2) is 4.39 Å². The van der Waals surface area contributed by atoms with E-state index in [0.29, 0.717) is 17.0 Å². The minimum absolute atomic E-state index is 0.192. The third-order valence-electron chi connectivity index (χ3n) is 3.21. The smallest absolute Gasteiger partial charge is 0.129 e. The van der Waals surface area contributed by atoms with Crippen LogP contribution < -0.4 is 5.32 Å². The van der Waals surface area contributed by atoms with Crippen LogP contribution in [0.4, 0.5) is 4.39 Å². The molecule has 19 heavy (non-hydrogen) atoms. The third kappa shape index (κ3) is 3.11. The van der Waals surface area contributed by atoms with Crippen LogP contribution in [0.15, 0.2) is 36.5 Å². The van der Waals surface area contributed by atoms with Gasteiger partial charge >= 0.3 is 0 Å². The van der Waals surface area contributed by atoms with E-state index in [2.05, 4.69) is 10.3 Å². The lowest BCUT2D eigenvalue weighted by Crippen LogP contribution is -2.21. The van der Waals surface area contributed by atoms with Crippen LogP contribution in [0.2, 0.25) is 5.02 Å². The van der Waals surface area contributed by atoms with E-state index >= 15 is 0 Å². The Bertz CT molecular complexity index is 552. The Morgan fingerprint density at radius 3 is 2.74 bits per heavy atom. The first-order chi connectivity index (χ1) is 9.13. The SMILES string of the molecule is CNC(Cc1ncccc1C)c1c(F)cccc1Cl. The van der Waals surface area contributed by atoms with Crippen molar-refractivity contribution in [1.82, 2.24) is 10.3 Å². The predicted octanol–water partition coefficient (Wildman–Crippen LogP) is 3.69. The molecule has 4 heteroatoms. The third-order valence-corrected chi connectivity index (χ3v) is 3.54. The van der Waals surface area contributed by atoms with Gasteiger partial charge < -0.3 is 5.32 Å². The summed E-state index contributed by atoms with van der Waals surface area (Å²) >= 11 is 6.11. The van der Waals surface area contributed by atoms with Crippen LogP contribution in [0.5, 0.6) is 0 Å². The van der Waals surface area contributed by atoms with E-state index in [-0.39, 0.29) is 11.9 Å². The molecule has 2 aromatic rings. The van der Waals surface area contributed by atoms with E-state index in [1.54, 1.807) is 25.4 Å². The molecule has 1 unspecified atom stereocenters. The molecule has 1 heterocycles. The number of nitrogens with zero attached hydrogens (tertiary/aromatic N) is 1. The van der Waals surface area contributed by atoms with Gasteiger partial charge in [-0.3, -0.25) is 4.98 Å².